The number of hydrogen-bond acceptors (Lipinski definition) is 3. The molecule has 0 saturated carbocycles. The molecule has 0 bridgehead atoms. The van der Waals surface area contributed by atoms with Gasteiger partial charge in [0.2, 0.25) is 0 Å². The Morgan fingerprint density at radius 1 is 1.35 bits per heavy atom. The van der Waals surface area contributed by atoms with Gasteiger partial charge in [0.1, 0.15) is 6.33 Å². The van der Waals surface area contributed by atoms with E-state index in [1.54, 1.807) is 6.33 Å². The SMILES string of the molecule is CCCC(c1ccc(Cl)cc1)n1cnc(CCC#N)n1. The van der Waals surface area contributed by atoms with Crippen molar-refractivity contribution < 1.29 is 0 Å². The smallest absolute Gasteiger partial charge is 0.151 e. The summed E-state index contributed by atoms with van der Waals surface area (Å²) in [5.74, 6) is 0.724. The normalized spacial score (nSPS) is 12.1. The Morgan fingerprint density at radius 3 is 2.75 bits per heavy atom. The highest BCUT2D eigenvalue weighted by Gasteiger charge is 2.14. The fourth-order valence-electron chi connectivity index (χ4n) is 2.15. The number of hydrogen-bond donors (Lipinski definition) is 0. The van der Waals surface area contributed by atoms with Crippen molar-refractivity contribution in [2.75, 3.05) is 0 Å². The van der Waals surface area contributed by atoms with Gasteiger partial charge in [-0.25, -0.2) is 9.67 Å². The highest BCUT2D eigenvalue weighted by atomic mass is 35.5. The topological polar surface area (TPSA) is 54.5 Å². The number of aromatic nitrogens is 3. The first-order valence-electron chi connectivity index (χ1n) is 6.77. The van der Waals surface area contributed by atoms with Crippen molar-refractivity contribution in [3.05, 3.63) is 47.0 Å². The second-order valence-electron chi connectivity index (χ2n) is 4.65. The minimum atomic E-state index is 0.167. The molecule has 1 heterocycles. The minimum Gasteiger partial charge on any atom is -0.245 e. The Hall–Kier alpha value is -1.86. The van der Waals surface area contributed by atoms with Crippen LogP contribution in [0.3, 0.4) is 0 Å². The van der Waals surface area contributed by atoms with Gasteiger partial charge in [-0.15, -0.1) is 0 Å². The zero-order valence-electron chi connectivity index (χ0n) is 11.5. The summed E-state index contributed by atoms with van der Waals surface area (Å²) in [5, 5.41) is 13.8. The van der Waals surface area contributed by atoms with Crippen LogP contribution in [0.25, 0.3) is 0 Å². The zero-order chi connectivity index (χ0) is 14.4. The van der Waals surface area contributed by atoms with Crippen LogP contribution < -0.4 is 0 Å². The predicted octanol–water partition coefficient (Wildman–Crippen LogP) is 3.78. The molecule has 0 aliphatic carbocycles. The molecule has 1 aromatic heterocycles. The van der Waals surface area contributed by atoms with Gasteiger partial charge >= 0.3 is 0 Å². The molecule has 20 heavy (non-hydrogen) atoms. The molecule has 0 spiro atoms. The maximum Gasteiger partial charge on any atom is 0.151 e. The summed E-state index contributed by atoms with van der Waals surface area (Å²) in [6.45, 7) is 2.15. The lowest BCUT2D eigenvalue weighted by molar-refractivity contribution is 0.480. The van der Waals surface area contributed by atoms with Crippen LogP contribution >= 0.6 is 11.6 Å². The maximum atomic E-state index is 8.61. The number of aryl methyl sites for hydroxylation is 1. The lowest BCUT2D eigenvalue weighted by Gasteiger charge is -2.16. The molecule has 0 aliphatic rings. The van der Waals surface area contributed by atoms with Crippen LogP contribution in [0.4, 0.5) is 0 Å². The van der Waals surface area contributed by atoms with Crippen molar-refractivity contribution in [1.82, 2.24) is 14.8 Å². The fraction of sp³-hybridized carbons (Fsp3) is 0.400. The largest absolute Gasteiger partial charge is 0.245 e. The Balaban J connectivity index is 2.22. The molecular formula is C15H17ClN4. The first-order chi connectivity index (χ1) is 9.74. The molecule has 0 N–H and O–H groups in total. The number of nitriles is 1. The average Bonchev–Trinajstić information content (AvgIpc) is 2.92. The van der Waals surface area contributed by atoms with E-state index in [1.165, 1.54) is 5.56 Å². The monoisotopic (exact) mass is 288 g/mol. The molecule has 0 aliphatic heterocycles. The Morgan fingerprint density at radius 2 is 2.10 bits per heavy atom. The van der Waals surface area contributed by atoms with E-state index in [2.05, 4.69) is 23.1 Å². The van der Waals surface area contributed by atoms with E-state index in [0.29, 0.717) is 12.8 Å². The van der Waals surface area contributed by atoms with Gasteiger partial charge in [0.15, 0.2) is 5.82 Å². The van der Waals surface area contributed by atoms with Gasteiger partial charge in [-0.3, -0.25) is 0 Å². The Kier molecular flexibility index (Phi) is 5.14. The van der Waals surface area contributed by atoms with Crippen LogP contribution in [0.15, 0.2) is 30.6 Å². The highest BCUT2D eigenvalue weighted by Crippen LogP contribution is 2.24. The van der Waals surface area contributed by atoms with E-state index in [0.717, 1.165) is 23.7 Å². The predicted molar refractivity (Wildman–Crippen MR) is 78.5 cm³/mol. The maximum absolute atomic E-state index is 8.61. The van der Waals surface area contributed by atoms with Gasteiger partial charge in [0, 0.05) is 17.9 Å². The number of rotatable bonds is 6. The van der Waals surface area contributed by atoms with Gasteiger partial charge in [-0.2, -0.15) is 10.4 Å². The molecule has 0 saturated heterocycles. The van der Waals surface area contributed by atoms with Crippen LogP contribution in [-0.2, 0) is 6.42 Å². The van der Waals surface area contributed by atoms with Gasteiger partial charge in [0.25, 0.3) is 0 Å². The molecule has 0 fully saturated rings. The highest BCUT2D eigenvalue weighted by molar-refractivity contribution is 6.30. The molecule has 1 unspecified atom stereocenters. The second kappa shape index (κ2) is 7.06. The summed E-state index contributed by atoms with van der Waals surface area (Å²) in [6, 6.07) is 10.1. The summed E-state index contributed by atoms with van der Waals surface area (Å²) in [4.78, 5) is 4.27. The first-order valence-corrected chi connectivity index (χ1v) is 7.14. The van der Waals surface area contributed by atoms with E-state index in [1.807, 2.05) is 28.9 Å². The lowest BCUT2D eigenvalue weighted by atomic mass is 10.0. The second-order valence-corrected chi connectivity index (χ2v) is 5.09. The molecule has 1 aromatic carbocycles. The number of nitrogens with zero attached hydrogens (tertiary/aromatic N) is 4. The van der Waals surface area contributed by atoms with Crippen molar-refractivity contribution in [3.63, 3.8) is 0 Å². The van der Waals surface area contributed by atoms with E-state index in [4.69, 9.17) is 16.9 Å². The van der Waals surface area contributed by atoms with Crippen molar-refractivity contribution >= 4 is 11.6 Å². The van der Waals surface area contributed by atoms with E-state index < -0.39 is 0 Å². The molecule has 2 rings (SSSR count). The third-order valence-electron chi connectivity index (χ3n) is 3.15. The molecule has 5 heteroatoms. The van der Waals surface area contributed by atoms with Crippen molar-refractivity contribution in [2.24, 2.45) is 0 Å². The summed E-state index contributed by atoms with van der Waals surface area (Å²) >= 11 is 5.94. The molecule has 2 aromatic rings. The van der Waals surface area contributed by atoms with Crippen LogP contribution in [0, 0.1) is 11.3 Å². The van der Waals surface area contributed by atoms with E-state index >= 15 is 0 Å². The Labute approximate surface area is 124 Å². The molecule has 1 atom stereocenters. The van der Waals surface area contributed by atoms with Crippen LogP contribution in [-0.4, -0.2) is 14.8 Å². The quantitative estimate of drug-likeness (QED) is 0.813. The third-order valence-corrected chi connectivity index (χ3v) is 3.40. The van der Waals surface area contributed by atoms with Crippen LogP contribution in [0.5, 0.6) is 0 Å². The summed E-state index contributed by atoms with van der Waals surface area (Å²) in [5.41, 5.74) is 1.17. The standard InChI is InChI=1S/C15H17ClN4/c1-2-4-14(12-6-8-13(16)9-7-12)20-11-18-15(19-20)5-3-10-17/h6-9,11,14H,2-5H2,1H3. The van der Waals surface area contributed by atoms with Crippen LogP contribution in [0.2, 0.25) is 5.02 Å². The minimum absolute atomic E-state index is 0.167. The number of benzene rings is 1. The molecule has 104 valence electrons. The summed E-state index contributed by atoms with van der Waals surface area (Å²) in [7, 11) is 0. The fourth-order valence-corrected chi connectivity index (χ4v) is 2.28. The van der Waals surface area contributed by atoms with E-state index in [-0.39, 0.29) is 6.04 Å². The molecule has 0 radical (unpaired) electrons. The van der Waals surface area contributed by atoms with Crippen molar-refractivity contribution in [2.45, 2.75) is 38.6 Å². The molecule has 0 amide bonds. The lowest BCUT2D eigenvalue weighted by Crippen LogP contribution is -2.11. The number of halogens is 1. The van der Waals surface area contributed by atoms with Crippen molar-refractivity contribution in [1.29, 1.82) is 5.26 Å². The van der Waals surface area contributed by atoms with Gasteiger partial charge in [-0.1, -0.05) is 37.1 Å². The van der Waals surface area contributed by atoms with Crippen LogP contribution in [0.1, 0.15) is 43.6 Å². The summed E-state index contributed by atoms with van der Waals surface area (Å²) in [6.07, 6.45) is 4.84. The van der Waals surface area contributed by atoms with Crippen molar-refractivity contribution in [3.8, 4) is 6.07 Å². The zero-order valence-corrected chi connectivity index (χ0v) is 12.2. The molecular weight excluding hydrogens is 272 g/mol. The van der Waals surface area contributed by atoms with Gasteiger partial charge < -0.3 is 0 Å². The first kappa shape index (κ1) is 14.5. The van der Waals surface area contributed by atoms with Gasteiger partial charge in [-0.05, 0) is 24.1 Å². The molecule has 4 nitrogen and oxygen atoms in total. The van der Waals surface area contributed by atoms with Gasteiger partial charge in [0.05, 0.1) is 12.1 Å². The van der Waals surface area contributed by atoms with E-state index in [9.17, 15) is 0 Å². The third kappa shape index (κ3) is 3.58. The summed E-state index contributed by atoms with van der Waals surface area (Å²) < 4.78 is 1.89. The Bertz CT molecular complexity index is 583. The average molecular weight is 289 g/mol.